The maximum atomic E-state index is 13.0. The third kappa shape index (κ3) is 5.61. The van der Waals surface area contributed by atoms with Gasteiger partial charge in [-0.25, -0.2) is 0 Å². The van der Waals surface area contributed by atoms with E-state index in [0.29, 0.717) is 30.8 Å². The van der Waals surface area contributed by atoms with Crippen LogP contribution in [0.15, 0.2) is 24.4 Å². The van der Waals surface area contributed by atoms with Crippen molar-refractivity contribution in [3.63, 3.8) is 0 Å². The molecule has 1 fully saturated rings. The fraction of sp³-hybridized carbons (Fsp3) is 0.684. The number of nitrogens with zero attached hydrogens (tertiary/aromatic N) is 2. The van der Waals surface area contributed by atoms with Crippen molar-refractivity contribution in [2.75, 3.05) is 13.1 Å². The molecule has 1 N–H and O–H groups in total. The highest BCUT2D eigenvalue weighted by atomic mass is 16.2. The fourth-order valence-electron chi connectivity index (χ4n) is 3.34. The zero-order chi connectivity index (χ0) is 16.5. The smallest absolute Gasteiger partial charge is 0.223 e. The molecular formula is C19H31N3O. The summed E-state index contributed by atoms with van der Waals surface area (Å²) in [6.45, 7) is 7.07. The molecule has 0 bridgehead atoms. The molecule has 2 heterocycles. The third-order valence-corrected chi connectivity index (χ3v) is 4.98. The van der Waals surface area contributed by atoms with Crippen molar-refractivity contribution in [1.82, 2.24) is 15.2 Å². The molecule has 1 unspecified atom stereocenters. The van der Waals surface area contributed by atoms with Crippen molar-refractivity contribution < 1.29 is 4.79 Å². The molecule has 0 spiro atoms. The Morgan fingerprint density at radius 1 is 1.30 bits per heavy atom. The van der Waals surface area contributed by atoms with E-state index in [-0.39, 0.29) is 0 Å². The number of aromatic nitrogens is 1. The van der Waals surface area contributed by atoms with Crippen molar-refractivity contribution in [2.45, 2.75) is 65.0 Å². The minimum Gasteiger partial charge on any atom is -0.334 e. The van der Waals surface area contributed by atoms with E-state index < -0.39 is 0 Å². The standard InChI is InChI=1S/C19H31N3O/c1-3-16(4-2)14-19(23)22(15-17-8-5-6-12-21-17)18-9-7-11-20-13-10-18/h5-6,8,12,16,18,20H,3-4,7,9-11,13-15H2,1-2H3. The second kappa shape index (κ2) is 9.66. The summed E-state index contributed by atoms with van der Waals surface area (Å²) in [5.41, 5.74) is 0.989. The van der Waals surface area contributed by atoms with Crippen LogP contribution in [0.25, 0.3) is 0 Å². The number of hydrogen-bond acceptors (Lipinski definition) is 3. The van der Waals surface area contributed by atoms with Gasteiger partial charge < -0.3 is 10.2 Å². The van der Waals surface area contributed by atoms with E-state index in [1.807, 2.05) is 24.4 Å². The summed E-state index contributed by atoms with van der Waals surface area (Å²) in [4.78, 5) is 19.5. The summed E-state index contributed by atoms with van der Waals surface area (Å²) in [6, 6.07) is 6.29. The second-order valence-electron chi connectivity index (χ2n) is 6.56. The van der Waals surface area contributed by atoms with Crippen LogP contribution in [0.1, 0.15) is 58.1 Å². The van der Waals surface area contributed by atoms with Crippen LogP contribution in [0, 0.1) is 5.92 Å². The van der Waals surface area contributed by atoms with Crippen molar-refractivity contribution in [1.29, 1.82) is 0 Å². The lowest BCUT2D eigenvalue weighted by Gasteiger charge is -2.32. The lowest BCUT2D eigenvalue weighted by molar-refractivity contribution is -0.135. The Morgan fingerprint density at radius 2 is 2.13 bits per heavy atom. The summed E-state index contributed by atoms with van der Waals surface area (Å²) >= 11 is 0. The Balaban J connectivity index is 2.10. The zero-order valence-corrected chi connectivity index (χ0v) is 14.6. The third-order valence-electron chi connectivity index (χ3n) is 4.98. The number of hydrogen-bond donors (Lipinski definition) is 1. The SMILES string of the molecule is CCC(CC)CC(=O)N(Cc1ccccn1)C1CCCNCC1. The first-order valence-electron chi connectivity index (χ1n) is 9.14. The highest BCUT2D eigenvalue weighted by molar-refractivity contribution is 5.76. The zero-order valence-electron chi connectivity index (χ0n) is 14.6. The molecule has 1 saturated heterocycles. The predicted octanol–water partition coefficient (Wildman–Crippen LogP) is 3.38. The number of carbonyl (C=O) groups is 1. The molecule has 0 aliphatic carbocycles. The summed E-state index contributed by atoms with van der Waals surface area (Å²) in [7, 11) is 0. The van der Waals surface area contributed by atoms with Gasteiger partial charge in [-0.3, -0.25) is 9.78 Å². The van der Waals surface area contributed by atoms with Gasteiger partial charge in [-0.2, -0.15) is 0 Å². The fourth-order valence-corrected chi connectivity index (χ4v) is 3.34. The quantitative estimate of drug-likeness (QED) is 0.838. The molecule has 1 amide bonds. The predicted molar refractivity (Wildman–Crippen MR) is 94.0 cm³/mol. The van der Waals surface area contributed by atoms with Crippen LogP contribution in [0.2, 0.25) is 0 Å². The average molecular weight is 317 g/mol. The molecule has 0 radical (unpaired) electrons. The molecule has 2 rings (SSSR count). The van der Waals surface area contributed by atoms with Gasteiger partial charge in [0.15, 0.2) is 0 Å². The van der Waals surface area contributed by atoms with E-state index in [2.05, 4.69) is 29.0 Å². The van der Waals surface area contributed by atoms with E-state index in [0.717, 1.165) is 50.9 Å². The lowest BCUT2D eigenvalue weighted by atomic mass is 9.97. The Morgan fingerprint density at radius 3 is 2.83 bits per heavy atom. The second-order valence-corrected chi connectivity index (χ2v) is 6.56. The van der Waals surface area contributed by atoms with E-state index in [1.54, 1.807) is 0 Å². The first-order chi connectivity index (χ1) is 11.2. The summed E-state index contributed by atoms with van der Waals surface area (Å²) < 4.78 is 0. The maximum absolute atomic E-state index is 13.0. The largest absolute Gasteiger partial charge is 0.334 e. The van der Waals surface area contributed by atoms with Crippen LogP contribution in [-0.2, 0) is 11.3 Å². The Bertz CT molecular complexity index is 451. The molecule has 128 valence electrons. The van der Waals surface area contributed by atoms with E-state index >= 15 is 0 Å². The van der Waals surface area contributed by atoms with Crippen molar-refractivity contribution in [3.8, 4) is 0 Å². The molecule has 0 saturated carbocycles. The van der Waals surface area contributed by atoms with Gasteiger partial charge in [0, 0.05) is 18.7 Å². The number of amides is 1. The van der Waals surface area contributed by atoms with Crippen LogP contribution >= 0.6 is 0 Å². The Hall–Kier alpha value is -1.42. The lowest BCUT2D eigenvalue weighted by Crippen LogP contribution is -2.41. The van der Waals surface area contributed by atoms with E-state index in [4.69, 9.17) is 0 Å². The average Bonchev–Trinajstić information content (AvgIpc) is 2.87. The van der Waals surface area contributed by atoms with Gasteiger partial charge in [0.1, 0.15) is 0 Å². The van der Waals surface area contributed by atoms with Gasteiger partial charge in [0.05, 0.1) is 12.2 Å². The molecule has 1 aliphatic heterocycles. The number of nitrogens with one attached hydrogen (secondary N) is 1. The molecule has 23 heavy (non-hydrogen) atoms. The first kappa shape index (κ1) is 17.9. The molecule has 0 aromatic carbocycles. The van der Waals surface area contributed by atoms with Gasteiger partial charge in [0.25, 0.3) is 0 Å². The molecule has 1 aromatic heterocycles. The number of carbonyl (C=O) groups excluding carboxylic acids is 1. The summed E-state index contributed by atoms with van der Waals surface area (Å²) in [6.07, 6.45) is 7.91. The van der Waals surface area contributed by atoms with Gasteiger partial charge in [-0.05, 0) is 50.4 Å². The monoisotopic (exact) mass is 317 g/mol. The topological polar surface area (TPSA) is 45.2 Å². The molecule has 4 heteroatoms. The van der Waals surface area contributed by atoms with E-state index in [1.165, 1.54) is 0 Å². The molecule has 4 nitrogen and oxygen atoms in total. The van der Waals surface area contributed by atoms with Crippen molar-refractivity contribution >= 4 is 5.91 Å². The first-order valence-corrected chi connectivity index (χ1v) is 9.14. The maximum Gasteiger partial charge on any atom is 0.223 e. The molecule has 1 aliphatic rings. The Labute approximate surface area is 140 Å². The van der Waals surface area contributed by atoms with Crippen LogP contribution < -0.4 is 5.32 Å². The van der Waals surface area contributed by atoms with Crippen molar-refractivity contribution in [2.24, 2.45) is 5.92 Å². The number of rotatable bonds is 7. The van der Waals surface area contributed by atoms with Gasteiger partial charge >= 0.3 is 0 Å². The molecule has 1 atom stereocenters. The van der Waals surface area contributed by atoms with Crippen molar-refractivity contribution in [3.05, 3.63) is 30.1 Å². The highest BCUT2D eigenvalue weighted by Gasteiger charge is 2.26. The highest BCUT2D eigenvalue weighted by Crippen LogP contribution is 2.21. The van der Waals surface area contributed by atoms with Crippen LogP contribution in [0.4, 0.5) is 0 Å². The minimum atomic E-state index is 0.302. The minimum absolute atomic E-state index is 0.302. The normalized spacial score (nSPS) is 18.7. The molecule has 1 aromatic rings. The van der Waals surface area contributed by atoms with Gasteiger partial charge in [0.2, 0.25) is 5.91 Å². The summed E-state index contributed by atoms with van der Waals surface area (Å²) in [5.74, 6) is 0.800. The van der Waals surface area contributed by atoms with Crippen LogP contribution in [-0.4, -0.2) is 34.9 Å². The van der Waals surface area contributed by atoms with Crippen LogP contribution in [0.3, 0.4) is 0 Å². The number of pyridine rings is 1. The van der Waals surface area contributed by atoms with Crippen LogP contribution in [0.5, 0.6) is 0 Å². The Kier molecular flexibility index (Phi) is 7.53. The van der Waals surface area contributed by atoms with E-state index in [9.17, 15) is 4.79 Å². The molecular weight excluding hydrogens is 286 g/mol. The van der Waals surface area contributed by atoms with Gasteiger partial charge in [-0.15, -0.1) is 0 Å². The summed E-state index contributed by atoms with van der Waals surface area (Å²) in [5, 5.41) is 3.44. The van der Waals surface area contributed by atoms with Gasteiger partial charge in [-0.1, -0.05) is 32.8 Å².